The van der Waals surface area contributed by atoms with Gasteiger partial charge in [0.25, 0.3) is 0 Å². The van der Waals surface area contributed by atoms with E-state index < -0.39 is 0 Å². The second-order valence-electron chi connectivity index (χ2n) is 6.80. The van der Waals surface area contributed by atoms with Crippen LogP contribution in [0.25, 0.3) is 0 Å². The fourth-order valence-electron chi connectivity index (χ4n) is 2.64. The lowest BCUT2D eigenvalue weighted by Crippen LogP contribution is -2.36. The van der Waals surface area contributed by atoms with Gasteiger partial charge in [-0.05, 0) is 42.2 Å². The van der Waals surface area contributed by atoms with E-state index >= 15 is 0 Å². The molecule has 2 unspecified atom stereocenters. The molecule has 3 nitrogen and oxygen atoms in total. The molecule has 1 saturated carbocycles. The lowest BCUT2D eigenvalue weighted by Gasteiger charge is -2.21. The fraction of sp³-hybridized carbons (Fsp3) is 0.611. The van der Waals surface area contributed by atoms with Crippen LogP contribution in [-0.2, 0) is 11.2 Å². The van der Waals surface area contributed by atoms with E-state index in [9.17, 15) is 4.79 Å². The van der Waals surface area contributed by atoms with Crippen LogP contribution in [0.3, 0.4) is 0 Å². The highest BCUT2D eigenvalue weighted by atomic mass is 16.1. The van der Waals surface area contributed by atoms with Gasteiger partial charge in [0.05, 0.1) is 6.04 Å². The summed E-state index contributed by atoms with van der Waals surface area (Å²) in [6.07, 6.45) is 3.51. The van der Waals surface area contributed by atoms with Crippen molar-refractivity contribution in [3.05, 3.63) is 35.4 Å². The summed E-state index contributed by atoms with van der Waals surface area (Å²) < 4.78 is 0. The number of benzene rings is 1. The zero-order chi connectivity index (χ0) is 15.4. The number of rotatable bonds is 7. The molecule has 3 N–H and O–H groups in total. The van der Waals surface area contributed by atoms with Crippen molar-refractivity contribution in [1.29, 1.82) is 0 Å². The summed E-state index contributed by atoms with van der Waals surface area (Å²) in [7, 11) is 0. The first kappa shape index (κ1) is 16.0. The molecule has 0 saturated heterocycles. The number of carbonyl (C=O) groups is 1. The maximum Gasteiger partial charge on any atom is 0.224 e. The second kappa shape index (κ2) is 7.08. The van der Waals surface area contributed by atoms with Gasteiger partial charge in [-0.1, -0.05) is 45.0 Å². The summed E-state index contributed by atoms with van der Waals surface area (Å²) >= 11 is 0. The summed E-state index contributed by atoms with van der Waals surface area (Å²) in [5.74, 6) is 1.21. The van der Waals surface area contributed by atoms with Crippen LogP contribution in [0.15, 0.2) is 24.3 Å². The first-order valence-corrected chi connectivity index (χ1v) is 8.10. The third-order valence-corrected chi connectivity index (χ3v) is 4.18. The highest BCUT2D eigenvalue weighted by Gasteiger charge is 2.33. The molecule has 2 atom stereocenters. The molecule has 0 spiro atoms. The monoisotopic (exact) mass is 288 g/mol. The Morgan fingerprint density at radius 1 is 1.24 bits per heavy atom. The van der Waals surface area contributed by atoms with Crippen molar-refractivity contribution in [3.8, 4) is 0 Å². The molecule has 116 valence electrons. The minimum Gasteiger partial charge on any atom is -0.349 e. The second-order valence-corrected chi connectivity index (χ2v) is 6.80. The van der Waals surface area contributed by atoms with Crippen molar-refractivity contribution < 1.29 is 4.79 Å². The third-order valence-electron chi connectivity index (χ3n) is 4.18. The molecule has 1 aromatic rings. The van der Waals surface area contributed by atoms with E-state index in [0.29, 0.717) is 18.4 Å². The summed E-state index contributed by atoms with van der Waals surface area (Å²) in [5.41, 5.74) is 8.17. The van der Waals surface area contributed by atoms with Crippen molar-refractivity contribution in [2.75, 3.05) is 6.54 Å². The van der Waals surface area contributed by atoms with E-state index in [0.717, 1.165) is 6.42 Å². The Kier molecular flexibility index (Phi) is 5.40. The van der Waals surface area contributed by atoms with Crippen LogP contribution in [0.1, 0.15) is 50.8 Å². The van der Waals surface area contributed by atoms with Gasteiger partial charge < -0.3 is 11.1 Å². The molecule has 1 aliphatic carbocycles. The van der Waals surface area contributed by atoms with Gasteiger partial charge in [0, 0.05) is 12.5 Å². The summed E-state index contributed by atoms with van der Waals surface area (Å²) in [4.78, 5) is 12.1. The number of hydrogen-bond acceptors (Lipinski definition) is 2. The quantitative estimate of drug-likeness (QED) is 0.810. The van der Waals surface area contributed by atoms with Gasteiger partial charge in [-0.3, -0.25) is 4.79 Å². The van der Waals surface area contributed by atoms with Crippen LogP contribution in [0.5, 0.6) is 0 Å². The molecule has 0 bridgehead atoms. The molecule has 0 heterocycles. The Morgan fingerprint density at radius 3 is 2.33 bits per heavy atom. The molecule has 0 radical (unpaired) electrons. The van der Waals surface area contributed by atoms with Crippen molar-refractivity contribution >= 4 is 5.91 Å². The molecule has 21 heavy (non-hydrogen) atoms. The number of amides is 1. The first-order valence-electron chi connectivity index (χ1n) is 8.10. The molecule has 1 amide bonds. The van der Waals surface area contributed by atoms with Crippen molar-refractivity contribution in [3.63, 3.8) is 0 Å². The van der Waals surface area contributed by atoms with Crippen LogP contribution in [0, 0.1) is 17.8 Å². The highest BCUT2D eigenvalue weighted by Crippen LogP contribution is 2.41. The number of nitrogens with two attached hydrogens (primary N) is 1. The fourth-order valence-corrected chi connectivity index (χ4v) is 2.64. The largest absolute Gasteiger partial charge is 0.349 e. The van der Waals surface area contributed by atoms with Crippen LogP contribution in [0.4, 0.5) is 0 Å². The zero-order valence-electron chi connectivity index (χ0n) is 13.4. The van der Waals surface area contributed by atoms with Gasteiger partial charge in [-0.25, -0.2) is 0 Å². The lowest BCUT2D eigenvalue weighted by atomic mass is 9.97. The molecular formula is C18H28N2O. The average molecular weight is 288 g/mol. The van der Waals surface area contributed by atoms with Crippen molar-refractivity contribution in [1.82, 2.24) is 5.32 Å². The van der Waals surface area contributed by atoms with Crippen LogP contribution in [0.2, 0.25) is 0 Å². The van der Waals surface area contributed by atoms with Gasteiger partial charge in [-0.2, -0.15) is 0 Å². The molecule has 2 rings (SSSR count). The standard InChI is InChI=1S/C18H28N2O/c1-12(2)10-14-4-6-15(7-5-14)17(16-8-9-16)20-18(21)13(3)11-19/h4-7,12-13,16-17H,8-11,19H2,1-3H3,(H,20,21). The Hall–Kier alpha value is -1.35. The minimum atomic E-state index is -0.119. The van der Waals surface area contributed by atoms with Crippen molar-refractivity contribution in [2.45, 2.75) is 46.1 Å². The van der Waals surface area contributed by atoms with E-state index in [1.165, 1.54) is 24.0 Å². The zero-order valence-corrected chi connectivity index (χ0v) is 13.4. The number of nitrogens with one attached hydrogen (secondary N) is 1. The minimum absolute atomic E-state index is 0.0701. The van der Waals surface area contributed by atoms with E-state index in [2.05, 4.69) is 43.4 Å². The summed E-state index contributed by atoms with van der Waals surface area (Å²) in [6, 6.07) is 8.90. The molecular weight excluding hydrogens is 260 g/mol. The van der Waals surface area contributed by atoms with Gasteiger partial charge in [-0.15, -0.1) is 0 Å². The maximum absolute atomic E-state index is 12.1. The Balaban J connectivity index is 2.06. The molecule has 1 fully saturated rings. The normalized spacial score (nSPS) is 17.6. The van der Waals surface area contributed by atoms with Crippen LogP contribution in [-0.4, -0.2) is 12.5 Å². The van der Waals surface area contributed by atoms with Gasteiger partial charge in [0.2, 0.25) is 5.91 Å². The Morgan fingerprint density at radius 2 is 1.86 bits per heavy atom. The Labute approximate surface area is 128 Å². The number of carbonyl (C=O) groups excluding carboxylic acids is 1. The van der Waals surface area contributed by atoms with Crippen LogP contribution >= 0.6 is 0 Å². The van der Waals surface area contributed by atoms with E-state index in [-0.39, 0.29) is 17.9 Å². The smallest absolute Gasteiger partial charge is 0.224 e. The molecule has 0 aromatic heterocycles. The first-order chi connectivity index (χ1) is 10.0. The summed E-state index contributed by atoms with van der Waals surface area (Å²) in [6.45, 7) is 6.74. The van der Waals surface area contributed by atoms with Crippen molar-refractivity contribution in [2.24, 2.45) is 23.5 Å². The predicted molar refractivity (Wildman–Crippen MR) is 86.8 cm³/mol. The predicted octanol–water partition coefficient (Wildman–Crippen LogP) is 3.05. The van der Waals surface area contributed by atoms with E-state index in [1.807, 2.05) is 6.92 Å². The van der Waals surface area contributed by atoms with Crippen LogP contribution < -0.4 is 11.1 Å². The van der Waals surface area contributed by atoms with Gasteiger partial charge >= 0.3 is 0 Å². The highest BCUT2D eigenvalue weighted by molar-refractivity contribution is 5.79. The summed E-state index contributed by atoms with van der Waals surface area (Å²) in [5, 5.41) is 3.19. The maximum atomic E-state index is 12.1. The molecule has 3 heteroatoms. The van der Waals surface area contributed by atoms with Gasteiger partial charge in [0.15, 0.2) is 0 Å². The SMILES string of the molecule is CC(C)Cc1ccc(C(NC(=O)C(C)CN)C2CC2)cc1. The average Bonchev–Trinajstić information content (AvgIpc) is 3.28. The van der Waals surface area contributed by atoms with E-state index in [1.54, 1.807) is 0 Å². The molecule has 0 aliphatic heterocycles. The lowest BCUT2D eigenvalue weighted by molar-refractivity contribution is -0.125. The third kappa shape index (κ3) is 4.57. The Bertz CT molecular complexity index is 463. The van der Waals surface area contributed by atoms with Gasteiger partial charge in [0.1, 0.15) is 0 Å². The topological polar surface area (TPSA) is 55.1 Å². The molecule has 1 aromatic carbocycles. The molecule has 1 aliphatic rings. The number of hydrogen-bond donors (Lipinski definition) is 2. The van der Waals surface area contributed by atoms with E-state index in [4.69, 9.17) is 5.73 Å².